The van der Waals surface area contributed by atoms with E-state index in [1.54, 1.807) is 13.2 Å². The maximum atomic E-state index is 14.8. The maximum absolute atomic E-state index is 14.8. The summed E-state index contributed by atoms with van der Waals surface area (Å²) >= 11 is 0. The largest absolute Gasteiger partial charge is 0.493 e. The molecule has 0 N–H and O–H groups in total. The number of aryl methyl sites for hydroxylation is 1. The van der Waals surface area contributed by atoms with Crippen molar-refractivity contribution in [2.24, 2.45) is 0 Å². The Labute approximate surface area is 136 Å². The van der Waals surface area contributed by atoms with E-state index in [4.69, 9.17) is 9.47 Å². The van der Waals surface area contributed by atoms with Gasteiger partial charge in [0.25, 0.3) is 0 Å². The zero-order valence-electron chi connectivity index (χ0n) is 13.6. The third-order valence-electron chi connectivity index (χ3n) is 4.17. The summed E-state index contributed by atoms with van der Waals surface area (Å²) < 4.78 is 25.8. The lowest BCUT2D eigenvalue weighted by molar-refractivity contribution is 0.321. The molecule has 1 heterocycles. The molecule has 0 bridgehead atoms. The average Bonchev–Trinajstić information content (AvgIpc) is 3.04. The lowest BCUT2D eigenvalue weighted by atomic mass is 10.2. The molecule has 2 aromatic rings. The Bertz CT molecular complexity index is 681. The smallest absolute Gasteiger partial charge is 0.170 e. The van der Waals surface area contributed by atoms with Crippen molar-refractivity contribution in [3.05, 3.63) is 53.3 Å². The fourth-order valence-electron chi connectivity index (χ4n) is 2.92. The Balaban J connectivity index is 1.84. The zero-order chi connectivity index (χ0) is 16.2. The highest BCUT2D eigenvalue weighted by atomic mass is 19.1. The summed E-state index contributed by atoms with van der Waals surface area (Å²) in [6, 6.07) is 10.9. The first-order valence-electron chi connectivity index (χ1n) is 7.99. The number of hydrogen-bond acceptors (Lipinski definition) is 3. The number of likely N-dealkylation sites (tertiary alicyclic amines) is 1. The van der Waals surface area contributed by atoms with E-state index < -0.39 is 0 Å². The van der Waals surface area contributed by atoms with Gasteiger partial charge in [-0.15, -0.1) is 0 Å². The molecule has 0 unspecified atom stereocenters. The van der Waals surface area contributed by atoms with Crippen molar-refractivity contribution in [1.29, 1.82) is 0 Å². The van der Waals surface area contributed by atoms with Gasteiger partial charge in [0.1, 0.15) is 0 Å². The number of nitrogens with zero attached hydrogens (tertiary/aromatic N) is 1. The van der Waals surface area contributed by atoms with E-state index in [2.05, 4.69) is 4.90 Å². The van der Waals surface area contributed by atoms with Crippen molar-refractivity contribution < 1.29 is 13.9 Å². The number of methoxy groups -OCH3 is 1. The van der Waals surface area contributed by atoms with E-state index in [-0.39, 0.29) is 11.6 Å². The van der Waals surface area contributed by atoms with Gasteiger partial charge in [0.15, 0.2) is 23.1 Å². The van der Waals surface area contributed by atoms with Crippen molar-refractivity contribution in [1.82, 2.24) is 4.90 Å². The molecule has 2 aromatic carbocycles. The maximum Gasteiger partial charge on any atom is 0.170 e. The van der Waals surface area contributed by atoms with Crippen LogP contribution in [-0.4, -0.2) is 25.1 Å². The Morgan fingerprint density at radius 3 is 2.57 bits per heavy atom. The summed E-state index contributed by atoms with van der Waals surface area (Å²) in [6.45, 7) is 4.67. The van der Waals surface area contributed by atoms with Crippen LogP contribution in [0.15, 0.2) is 36.4 Å². The fourth-order valence-corrected chi connectivity index (χ4v) is 2.92. The average molecular weight is 315 g/mol. The first-order chi connectivity index (χ1) is 11.2. The Kier molecular flexibility index (Phi) is 4.82. The van der Waals surface area contributed by atoms with Gasteiger partial charge in [-0.05, 0) is 56.6 Å². The summed E-state index contributed by atoms with van der Waals surface area (Å²) in [5, 5.41) is 0. The number of benzene rings is 2. The normalized spacial score (nSPS) is 14.9. The van der Waals surface area contributed by atoms with Crippen LogP contribution in [0.1, 0.15) is 24.0 Å². The summed E-state index contributed by atoms with van der Waals surface area (Å²) in [7, 11) is 1.58. The van der Waals surface area contributed by atoms with E-state index in [9.17, 15) is 4.39 Å². The van der Waals surface area contributed by atoms with Gasteiger partial charge in [0.05, 0.1) is 7.11 Å². The van der Waals surface area contributed by atoms with Crippen LogP contribution in [0.25, 0.3) is 0 Å². The highest BCUT2D eigenvalue weighted by Crippen LogP contribution is 2.34. The Hall–Kier alpha value is -2.07. The molecule has 23 heavy (non-hydrogen) atoms. The van der Waals surface area contributed by atoms with Crippen LogP contribution in [0.4, 0.5) is 4.39 Å². The first kappa shape index (κ1) is 15.8. The molecular weight excluding hydrogens is 293 g/mol. The van der Waals surface area contributed by atoms with Crippen LogP contribution in [0.5, 0.6) is 17.2 Å². The van der Waals surface area contributed by atoms with Crippen LogP contribution in [0, 0.1) is 12.7 Å². The van der Waals surface area contributed by atoms with Gasteiger partial charge in [0.2, 0.25) is 0 Å². The van der Waals surface area contributed by atoms with Gasteiger partial charge < -0.3 is 9.47 Å². The van der Waals surface area contributed by atoms with Crippen molar-refractivity contribution in [2.75, 3.05) is 20.2 Å². The van der Waals surface area contributed by atoms with Gasteiger partial charge in [-0.3, -0.25) is 4.90 Å². The lowest BCUT2D eigenvalue weighted by Gasteiger charge is -2.17. The molecule has 1 fully saturated rings. The van der Waals surface area contributed by atoms with E-state index in [0.29, 0.717) is 23.6 Å². The SMILES string of the molecule is COc1ccc(C)cc1Oc1cccc(CN2CCCC2)c1F. The van der Waals surface area contributed by atoms with E-state index in [1.807, 2.05) is 37.3 Å². The standard InChI is InChI=1S/C19H22FNO2/c1-14-8-9-16(22-2)18(12-14)23-17-7-5-6-15(19(17)20)13-21-10-3-4-11-21/h5-9,12H,3-4,10-11,13H2,1-2H3. The molecule has 1 saturated heterocycles. The molecular formula is C19H22FNO2. The minimum absolute atomic E-state index is 0.241. The van der Waals surface area contributed by atoms with Gasteiger partial charge in [-0.25, -0.2) is 4.39 Å². The number of rotatable bonds is 5. The zero-order valence-corrected chi connectivity index (χ0v) is 13.6. The highest BCUT2D eigenvalue weighted by Gasteiger charge is 2.17. The second-order valence-electron chi connectivity index (χ2n) is 5.97. The summed E-state index contributed by atoms with van der Waals surface area (Å²) in [5.74, 6) is 1.08. The molecule has 3 rings (SSSR count). The van der Waals surface area contributed by atoms with Crippen LogP contribution in [0.2, 0.25) is 0 Å². The van der Waals surface area contributed by atoms with E-state index >= 15 is 0 Å². The second-order valence-corrected chi connectivity index (χ2v) is 5.97. The first-order valence-corrected chi connectivity index (χ1v) is 7.99. The molecule has 1 aliphatic rings. The summed E-state index contributed by atoms with van der Waals surface area (Å²) in [4.78, 5) is 2.27. The van der Waals surface area contributed by atoms with Gasteiger partial charge in [-0.1, -0.05) is 18.2 Å². The van der Waals surface area contributed by atoms with Crippen LogP contribution in [-0.2, 0) is 6.54 Å². The lowest BCUT2D eigenvalue weighted by Crippen LogP contribution is -2.19. The quantitative estimate of drug-likeness (QED) is 0.809. The molecule has 0 spiro atoms. The molecule has 122 valence electrons. The van der Waals surface area contributed by atoms with Gasteiger partial charge >= 0.3 is 0 Å². The molecule has 0 aliphatic carbocycles. The highest BCUT2D eigenvalue weighted by molar-refractivity contribution is 5.46. The predicted octanol–water partition coefficient (Wildman–Crippen LogP) is 4.53. The Morgan fingerprint density at radius 2 is 1.83 bits per heavy atom. The number of hydrogen-bond donors (Lipinski definition) is 0. The molecule has 0 amide bonds. The third-order valence-corrected chi connectivity index (χ3v) is 4.17. The number of halogens is 1. The molecule has 3 nitrogen and oxygen atoms in total. The molecule has 1 aliphatic heterocycles. The van der Waals surface area contributed by atoms with Crippen LogP contribution in [0.3, 0.4) is 0 Å². The second kappa shape index (κ2) is 7.01. The molecule has 0 atom stereocenters. The molecule has 0 radical (unpaired) electrons. The van der Waals surface area contributed by atoms with Crippen molar-refractivity contribution in [3.8, 4) is 17.2 Å². The van der Waals surface area contributed by atoms with Crippen LogP contribution < -0.4 is 9.47 Å². The van der Waals surface area contributed by atoms with Crippen molar-refractivity contribution in [2.45, 2.75) is 26.3 Å². The molecule has 0 aromatic heterocycles. The minimum atomic E-state index is -0.289. The minimum Gasteiger partial charge on any atom is -0.493 e. The van der Waals surface area contributed by atoms with E-state index in [1.165, 1.54) is 12.8 Å². The van der Waals surface area contributed by atoms with Gasteiger partial charge in [0, 0.05) is 12.1 Å². The molecule has 4 heteroatoms. The van der Waals surface area contributed by atoms with Crippen molar-refractivity contribution >= 4 is 0 Å². The number of ether oxygens (including phenoxy) is 2. The van der Waals surface area contributed by atoms with Crippen molar-refractivity contribution in [3.63, 3.8) is 0 Å². The fraction of sp³-hybridized carbons (Fsp3) is 0.368. The van der Waals surface area contributed by atoms with Crippen LogP contribution >= 0.6 is 0 Å². The Morgan fingerprint density at radius 1 is 1.04 bits per heavy atom. The monoisotopic (exact) mass is 315 g/mol. The predicted molar refractivity (Wildman–Crippen MR) is 88.7 cm³/mol. The van der Waals surface area contributed by atoms with E-state index in [0.717, 1.165) is 18.7 Å². The summed E-state index contributed by atoms with van der Waals surface area (Å²) in [6.07, 6.45) is 2.39. The summed E-state index contributed by atoms with van der Waals surface area (Å²) in [5.41, 5.74) is 1.71. The van der Waals surface area contributed by atoms with Gasteiger partial charge in [-0.2, -0.15) is 0 Å². The topological polar surface area (TPSA) is 21.7 Å². The third kappa shape index (κ3) is 3.64. The molecule has 0 saturated carbocycles.